The van der Waals surface area contributed by atoms with Crippen LogP contribution < -0.4 is 0 Å². The molecular weight excluding hydrogens is 331 g/mol. The first-order chi connectivity index (χ1) is 11.8. The summed E-state index contributed by atoms with van der Waals surface area (Å²) in [6.07, 6.45) is -4.39. The van der Waals surface area contributed by atoms with Crippen LogP contribution in [0.15, 0.2) is 54.6 Å². The maximum absolute atomic E-state index is 12.7. The summed E-state index contributed by atoms with van der Waals surface area (Å²) < 4.78 is 38.1. The highest BCUT2D eigenvalue weighted by molar-refractivity contribution is 5.72. The van der Waals surface area contributed by atoms with Crippen LogP contribution in [-0.2, 0) is 17.5 Å². The third-order valence-electron chi connectivity index (χ3n) is 4.63. The van der Waals surface area contributed by atoms with Gasteiger partial charge in [0.05, 0.1) is 11.5 Å². The molecule has 1 saturated heterocycles. The Morgan fingerprint density at radius 3 is 2.24 bits per heavy atom. The molecule has 6 heteroatoms. The van der Waals surface area contributed by atoms with Crippen molar-refractivity contribution in [2.75, 3.05) is 13.1 Å². The fourth-order valence-electron chi connectivity index (χ4n) is 3.36. The largest absolute Gasteiger partial charge is 0.481 e. The number of rotatable bonds is 4. The number of benzene rings is 2. The van der Waals surface area contributed by atoms with Crippen molar-refractivity contribution in [1.82, 2.24) is 4.90 Å². The summed E-state index contributed by atoms with van der Waals surface area (Å²) in [5.41, 5.74) is 0.998. The Kier molecular flexibility index (Phi) is 4.81. The van der Waals surface area contributed by atoms with E-state index in [1.54, 1.807) is 0 Å². The van der Waals surface area contributed by atoms with Gasteiger partial charge in [0.1, 0.15) is 0 Å². The molecule has 1 fully saturated rings. The monoisotopic (exact) mass is 349 g/mol. The van der Waals surface area contributed by atoms with Gasteiger partial charge in [0, 0.05) is 25.6 Å². The fourth-order valence-corrected chi connectivity index (χ4v) is 3.36. The number of hydrogen-bond acceptors (Lipinski definition) is 2. The lowest BCUT2D eigenvalue weighted by Crippen LogP contribution is -2.23. The van der Waals surface area contributed by atoms with Gasteiger partial charge in [-0.2, -0.15) is 13.2 Å². The van der Waals surface area contributed by atoms with Gasteiger partial charge < -0.3 is 5.11 Å². The van der Waals surface area contributed by atoms with Gasteiger partial charge in [-0.3, -0.25) is 9.69 Å². The van der Waals surface area contributed by atoms with E-state index in [9.17, 15) is 23.1 Å². The first-order valence-electron chi connectivity index (χ1n) is 8.01. The summed E-state index contributed by atoms with van der Waals surface area (Å²) in [5.74, 6) is -1.86. The Hall–Kier alpha value is -2.34. The van der Waals surface area contributed by atoms with Crippen LogP contribution in [0.3, 0.4) is 0 Å². The smallest absolute Gasteiger partial charge is 0.416 e. The van der Waals surface area contributed by atoms with Crippen molar-refractivity contribution in [3.05, 3.63) is 71.3 Å². The number of carboxylic acid groups (broad SMARTS) is 1. The number of aliphatic carboxylic acids is 1. The van der Waals surface area contributed by atoms with Gasteiger partial charge in [-0.05, 0) is 23.3 Å². The molecule has 25 heavy (non-hydrogen) atoms. The highest BCUT2D eigenvalue weighted by atomic mass is 19.4. The zero-order valence-corrected chi connectivity index (χ0v) is 13.4. The minimum atomic E-state index is -4.39. The van der Waals surface area contributed by atoms with Crippen molar-refractivity contribution in [1.29, 1.82) is 0 Å². The summed E-state index contributed by atoms with van der Waals surface area (Å²) in [7, 11) is 0. The lowest BCUT2D eigenvalue weighted by atomic mass is 9.88. The zero-order chi connectivity index (χ0) is 18.0. The molecule has 1 N–H and O–H groups in total. The Labute approximate surface area is 143 Å². The average Bonchev–Trinajstić information content (AvgIpc) is 2.99. The van der Waals surface area contributed by atoms with Crippen molar-refractivity contribution in [3.63, 3.8) is 0 Å². The Morgan fingerprint density at radius 1 is 1.04 bits per heavy atom. The van der Waals surface area contributed by atoms with Crippen LogP contribution in [0.2, 0.25) is 0 Å². The molecule has 2 aromatic rings. The number of hydrogen-bond donors (Lipinski definition) is 1. The average molecular weight is 349 g/mol. The Morgan fingerprint density at radius 2 is 1.68 bits per heavy atom. The van der Waals surface area contributed by atoms with E-state index in [1.807, 2.05) is 35.2 Å². The highest BCUT2D eigenvalue weighted by Crippen LogP contribution is 2.36. The van der Waals surface area contributed by atoms with Crippen molar-refractivity contribution < 1.29 is 23.1 Å². The molecule has 0 spiro atoms. The third-order valence-corrected chi connectivity index (χ3v) is 4.63. The fraction of sp³-hybridized carbons (Fsp3) is 0.316. The molecule has 1 aliphatic rings. The Bertz CT molecular complexity index is 729. The molecule has 3 rings (SSSR count). The highest BCUT2D eigenvalue weighted by Gasteiger charge is 2.39. The van der Waals surface area contributed by atoms with Gasteiger partial charge >= 0.3 is 12.1 Å². The van der Waals surface area contributed by atoms with Crippen molar-refractivity contribution >= 4 is 5.97 Å². The summed E-state index contributed by atoms with van der Waals surface area (Å²) in [6.45, 7) is 1.52. The maximum Gasteiger partial charge on any atom is 0.416 e. The van der Waals surface area contributed by atoms with Crippen LogP contribution in [-0.4, -0.2) is 29.1 Å². The standard InChI is InChI=1S/C19H18F3NO2/c20-19(21,22)15-8-6-14(7-9-15)16-11-23(12-17(16)18(24)25)10-13-4-2-1-3-5-13/h1-9,16-17H,10-12H2,(H,24,25). The van der Waals surface area contributed by atoms with Gasteiger partial charge in [-0.15, -0.1) is 0 Å². The second-order valence-electron chi connectivity index (χ2n) is 6.35. The van der Waals surface area contributed by atoms with E-state index in [1.165, 1.54) is 12.1 Å². The van der Waals surface area contributed by atoms with E-state index in [2.05, 4.69) is 0 Å². The topological polar surface area (TPSA) is 40.5 Å². The van der Waals surface area contributed by atoms with E-state index in [4.69, 9.17) is 0 Å². The molecule has 0 aromatic heterocycles. The van der Waals surface area contributed by atoms with Crippen molar-refractivity contribution in [2.45, 2.75) is 18.6 Å². The van der Waals surface area contributed by atoms with Gasteiger partial charge in [-0.25, -0.2) is 0 Å². The quantitative estimate of drug-likeness (QED) is 0.907. The molecule has 2 aromatic carbocycles. The molecule has 0 aliphatic carbocycles. The van der Waals surface area contributed by atoms with Crippen LogP contribution in [0.1, 0.15) is 22.6 Å². The minimum Gasteiger partial charge on any atom is -0.481 e. The van der Waals surface area contributed by atoms with Crippen molar-refractivity contribution in [3.8, 4) is 0 Å². The van der Waals surface area contributed by atoms with Crippen molar-refractivity contribution in [2.24, 2.45) is 5.92 Å². The molecule has 2 unspecified atom stereocenters. The number of likely N-dealkylation sites (tertiary alicyclic amines) is 1. The predicted octanol–water partition coefficient (Wildman–Crippen LogP) is 4.01. The van der Waals surface area contributed by atoms with E-state index >= 15 is 0 Å². The minimum absolute atomic E-state index is 0.316. The summed E-state index contributed by atoms with van der Waals surface area (Å²) >= 11 is 0. The second kappa shape index (κ2) is 6.88. The maximum atomic E-state index is 12.7. The van der Waals surface area contributed by atoms with Gasteiger partial charge in [0.2, 0.25) is 0 Å². The van der Waals surface area contributed by atoms with E-state index in [0.29, 0.717) is 25.2 Å². The predicted molar refractivity (Wildman–Crippen MR) is 87.0 cm³/mol. The molecule has 0 radical (unpaired) electrons. The van der Waals surface area contributed by atoms with Crippen LogP contribution in [0.4, 0.5) is 13.2 Å². The zero-order valence-electron chi connectivity index (χ0n) is 13.4. The first kappa shape index (κ1) is 17.5. The van der Waals surface area contributed by atoms with E-state index in [0.717, 1.165) is 17.7 Å². The molecule has 2 atom stereocenters. The Balaban J connectivity index is 1.78. The molecule has 1 heterocycles. The van der Waals surface area contributed by atoms with E-state index < -0.39 is 23.6 Å². The third kappa shape index (κ3) is 4.02. The molecular formula is C19H18F3NO2. The van der Waals surface area contributed by atoms with Crippen LogP contribution >= 0.6 is 0 Å². The number of carboxylic acids is 1. The molecule has 3 nitrogen and oxygen atoms in total. The molecule has 132 valence electrons. The number of alkyl halides is 3. The number of halogens is 3. The van der Waals surface area contributed by atoms with Gasteiger partial charge in [0.15, 0.2) is 0 Å². The lowest BCUT2D eigenvalue weighted by Gasteiger charge is -2.17. The normalized spacial score (nSPS) is 21.4. The molecule has 0 bridgehead atoms. The summed E-state index contributed by atoms with van der Waals surface area (Å²) in [6, 6.07) is 14.6. The SMILES string of the molecule is O=C(O)C1CN(Cc2ccccc2)CC1c1ccc(C(F)(F)F)cc1. The molecule has 1 aliphatic heterocycles. The van der Waals surface area contributed by atoms with Crippen LogP contribution in [0.5, 0.6) is 0 Å². The van der Waals surface area contributed by atoms with Crippen LogP contribution in [0, 0.1) is 5.92 Å². The van der Waals surface area contributed by atoms with Crippen LogP contribution in [0.25, 0.3) is 0 Å². The lowest BCUT2D eigenvalue weighted by molar-refractivity contribution is -0.142. The van der Waals surface area contributed by atoms with E-state index in [-0.39, 0.29) is 5.92 Å². The molecule has 0 amide bonds. The molecule has 0 saturated carbocycles. The van der Waals surface area contributed by atoms with Gasteiger partial charge in [0.25, 0.3) is 0 Å². The number of carbonyl (C=O) groups is 1. The summed E-state index contributed by atoms with van der Waals surface area (Å²) in [5, 5.41) is 9.51. The second-order valence-corrected chi connectivity index (χ2v) is 6.35. The number of nitrogens with zero attached hydrogens (tertiary/aromatic N) is 1. The van der Waals surface area contributed by atoms with Gasteiger partial charge in [-0.1, -0.05) is 42.5 Å². The first-order valence-corrected chi connectivity index (χ1v) is 8.01. The summed E-state index contributed by atoms with van der Waals surface area (Å²) in [4.78, 5) is 13.6.